The molecule has 1 aromatic rings. The lowest BCUT2D eigenvalue weighted by atomic mass is 9.84. The van der Waals surface area contributed by atoms with E-state index in [2.05, 4.69) is 27.4 Å². The molecular formula is C19H25N3O2S. The summed E-state index contributed by atoms with van der Waals surface area (Å²) in [6.07, 6.45) is 9.33. The fourth-order valence-electron chi connectivity index (χ4n) is 4.51. The fraction of sp³-hybridized carbons (Fsp3) is 0.632. The van der Waals surface area contributed by atoms with Gasteiger partial charge in [-0.3, -0.25) is 9.59 Å². The first-order chi connectivity index (χ1) is 12.1. The topological polar surface area (TPSA) is 53.5 Å². The molecule has 3 heterocycles. The Morgan fingerprint density at radius 2 is 2.00 bits per heavy atom. The molecule has 134 valence electrons. The number of thiazole rings is 1. The van der Waals surface area contributed by atoms with Crippen molar-refractivity contribution in [2.75, 3.05) is 13.1 Å². The van der Waals surface area contributed by atoms with Gasteiger partial charge < -0.3 is 9.80 Å². The van der Waals surface area contributed by atoms with Crippen LogP contribution >= 0.6 is 11.3 Å². The van der Waals surface area contributed by atoms with Crippen LogP contribution in [0.3, 0.4) is 0 Å². The van der Waals surface area contributed by atoms with E-state index in [0.29, 0.717) is 18.9 Å². The third kappa shape index (κ3) is 3.12. The molecule has 1 spiro atoms. The first kappa shape index (κ1) is 16.8. The van der Waals surface area contributed by atoms with E-state index >= 15 is 0 Å². The van der Waals surface area contributed by atoms with Gasteiger partial charge in [-0.05, 0) is 39.0 Å². The third-order valence-corrected chi connectivity index (χ3v) is 6.85. The van der Waals surface area contributed by atoms with Gasteiger partial charge >= 0.3 is 0 Å². The number of hydrogen-bond donors (Lipinski definition) is 0. The van der Waals surface area contributed by atoms with Crippen LogP contribution in [0.5, 0.6) is 0 Å². The van der Waals surface area contributed by atoms with Gasteiger partial charge in [-0.1, -0.05) is 12.2 Å². The standard InChI is InChI=1S/C19H25N3O2S/c1-14-20-16(13-25-14)12-22-17(23)6-7-19(22)8-10-21(11-9-19)18(24)15-4-2-3-5-15/h2-3,13,15H,4-12H2,1H3. The molecule has 1 aliphatic carbocycles. The minimum atomic E-state index is -0.0701. The maximum Gasteiger partial charge on any atom is 0.226 e. The van der Waals surface area contributed by atoms with Crippen molar-refractivity contribution < 1.29 is 9.59 Å². The Morgan fingerprint density at radius 3 is 2.64 bits per heavy atom. The van der Waals surface area contributed by atoms with Crippen LogP contribution in [0, 0.1) is 12.8 Å². The van der Waals surface area contributed by atoms with Crippen LogP contribution in [-0.2, 0) is 16.1 Å². The van der Waals surface area contributed by atoms with Crippen molar-refractivity contribution in [2.24, 2.45) is 5.92 Å². The van der Waals surface area contributed by atoms with Crippen molar-refractivity contribution in [3.05, 3.63) is 28.2 Å². The highest BCUT2D eigenvalue weighted by atomic mass is 32.1. The second-order valence-electron chi connectivity index (χ2n) is 7.53. The molecule has 0 aromatic carbocycles. The number of likely N-dealkylation sites (tertiary alicyclic amines) is 2. The Morgan fingerprint density at radius 1 is 1.28 bits per heavy atom. The summed E-state index contributed by atoms with van der Waals surface area (Å²) in [5.41, 5.74) is 0.923. The number of carbonyl (C=O) groups is 2. The number of carbonyl (C=O) groups excluding carboxylic acids is 2. The van der Waals surface area contributed by atoms with Crippen LogP contribution in [0.1, 0.15) is 49.2 Å². The summed E-state index contributed by atoms with van der Waals surface area (Å²) in [5.74, 6) is 0.685. The third-order valence-electron chi connectivity index (χ3n) is 6.03. The molecule has 6 heteroatoms. The number of aromatic nitrogens is 1. The van der Waals surface area contributed by atoms with Crippen LogP contribution in [0.25, 0.3) is 0 Å². The molecule has 0 bridgehead atoms. The van der Waals surface area contributed by atoms with E-state index in [4.69, 9.17) is 0 Å². The Bertz CT molecular complexity index is 695. The minimum absolute atomic E-state index is 0.0701. The van der Waals surface area contributed by atoms with Gasteiger partial charge in [-0.2, -0.15) is 0 Å². The molecule has 1 aromatic heterocycles. The van der Waals surface area contributed by atoms with Gasteiger partial charge in [-0.15, -0.1) is 11.3 Å². The van der Waals surface area contributed by atoms with Crippen LogP contribution in [0.2, 0.25) is 0 Å². The zero-order valence-corrected chi connectivity index (χ0v) is 15.6. The number of aryl methyl sites for hydroxylation is 1. The lowest BCUT2D eigenvalue weighted by Gasteiger charge is -2.45. The molecular weight excluding hydrogens is 334 g/mol. The molecule has 3 aliphatic rings. The van der Waals surface area contributed by atoms with E-state index in [1.807, 2.05) is 11.8 Å². The molecule has 0 radical (unpaired) electrons. The maximum absolute atomic E-state index is 12.6. The van der Waals surface area contributed by atoms with Gasteiger partial charge in [0.1, 0.15) is 0 Å². The number of allylic oxidation sites excluding steroid dienone is 2. The van der Waals surface area contributed by atoms with E-state index < -0.39 is 0 Å². The Labute approximate surface area is 152 Å². The number of piperidine rings is 1. The van der Waals surface area contributed by atoms with E-state index in [1.165, 1.54) is 0 Å². The van der Waals surface area contributed by atoms with Crippen molar-refractivity contribution in [1.82, 2.24) is 14.8 Å². The first-order valence-corrected chi connectivity index (χ1v) is 10.1. The molecule has 2 aliphatic heterocycles. The summed E-state index contributed by atoms with van der Waals surface area (Å²) in [4.78, 5) is 33.8. The lowest BCUT2D eigenvalue weighted by Crippen LogP contribution is -2.54. The second kappa shape index (κ2) is 6.56. The molecule has 0 unspecified atom stereocenters. The number of nitrogens with zero attached hydrogens (tertiary/aromatic N) is 3. The Kier molecular flexibility index (Phi) is 4.40. The molecule has 2 amide bonds. The van der Waals surface area contributed by atoms with E-state index in [-0.39, 0.29) is 17.4 Å². The maximum atomic E-state index is 12.6. The highest BCUT2D eigenvalue weighted by Gasteiger charge is 2.47. The van der Waals surface area contributed by atoms with Crippen molar-refractivity contribution >= 4 is 23.2 Å². The summed E-state index contributed by atoms with van der Waals surface area (Å²) < 4.78 is 0. The van der Waals surface area contributed by atoms with E-state index in [9.17, 15) is 9.59 Å². The van der Waals surface area contributed by atoms with Crippen molar-refractivity contribution in [3.63, 3.8) is 0 Å². The van der Waals surface area contributed by atoms with Crippen LogP contribution in [0.15, 0.2) is 17.5 Å². The smallest absolute Gasteiger partial charge is 0.226 e. The van der Waals surface area contributed by atoms with Crippen molar-refractivity contribution in [2.45, 2.75) is 57.5 Å². The number of hydrogen-bond acceptors (Lipinski definition) is 4. The number of rotatable bonds is 3. The summed E-state index contributed by atoms with van der Waals surface area (Å²) in [6.45, 7) is 4.16. The van der Waals surface area contributed by atoms with Gasteiger partial charge in [0.25, 0.3) is 0 Å². The number of amides is 2. The van der Waals surface area contributed by atoms with Gasteiger partial charge in [0.05, 0.1) is 17.2 Å². The zero-order valence-electron chi connectivity index (χ0n) is 14.7. The summed E-state index contributed by atoms with van der Waals surface area (Å²) in [7, 11) is 0. The molecule has 0 N–H and O–H groups in total. The van der Waals surface area contributed by atoms with Gasteiger partial charge in [0.15, 0.2) is 0 Å². The Hall–Kier alpha value is -1.69. The van der Waals surface area contributed by atoms with Gasteiger partial charge in [0.2, 0.25) is 11.8 Å². The monoisotopic (exact) mass is 359 g/mol. The van der Waals surface area contributed by atoms with Gasteiger partial charge in [-0.25, -0.2) is 4.98 Å². The highest BCUT2D eigenvalue weighted by Crippen LogP contribution is 2.40. The summed E-state index contributed by atoms with van der Waals surface area (Å²) >= 11 is 1.63. The zero-order chi connectivity index (χ0) is 17.4. The molecule has 0 saturated carbocycles. The normalized spacial score (nSPS) is 23.2. The predicted octanol–water partition coefficient (Wildman–Crippen LogP) is 2.90. The lowest BCUT2D eigenvalue weighted by molar-refractivity contribution is -0.139. The predicted molar refractivity (Wildman–Crippen MR) is 97.0 cm³/mol. The molecule has 5 nitrogen and oxygen atoms in total. The molecule has 4 rings (SSSR count). The molecule has 25 heavy (non-hydrogen) atoms. The highest BCUT2D eigenvalue weighted by molar-refractivity contribution is 7.09. The average Bonchev–Trinajstić information content (AvgIpc) is 3.34. The first-order valence-electron chi connectivity index (χ1n) is 9.23. The fourth-order valence-corrected chi connectivity index (χ4v) is 5.12. The molecule has 0 atom stereocenters. The second-order valence-corrected chi connectivity index (χ2v) is 8.59. The summed E-state index contributed by atoms with van der Waals surface area (Å²) in [5, 5.41) is 3.10. The summed E-state index contributed by atoms with van der Waals surface area (Å²) in [6, 6.07) is 0. The average molecular weight is 359 g/mol. The quantitative estimate of drug-likeness (QED) is 0.780. The van der Waals surface area contributed by atoms with E-state index in [1.54, 1.807) is 11.3 Å². The Balaban J connectivity index is 1.43. The van der Waals surface area contributed by atoms with Crippen molar-refractivity contribution in [1.29, 1.82) is 0 Å². The SMILES string of the molecule is Cc1nc(CN2C(=O)CCC23CCN(C(=O)C2CC=CC2)CC3)cs1. The largest absolute Gasteiger partial charge is 0.342 e. The van der Waals surface area contributed by atoms with Gasteiger partial charge in [0, 0.05) is 36.3 Å². The molecule has 2 saturated heterocycles. The van der Waals surface area contributed by atoms with Crippen LogP contribution in [-0.4, -0.2) is 45.2 Å². The van der Waals surface area contributed by atoms with Crippen molar-refractivity contribution in [3.8, 4) is 0 Å². The van der Waals surface area contributed by atoms with Crippen LogP contribution in [0.4, 0.5) is 0 Å². The minimum Gasteiger partial charge on any atom is -0.342 e. The molecule has 2 fully saturated rings. The van der Waals surface area contributed by atoms with Crippen LogP contribution < -0.4 is 0 Å². The van der Waals surface area contributed by atoms with E-state index in [0.717, 1.165) is 55.9 Å².